The molecule has 0 fully saturated rings. The number of aliphatic carboxylic acids is 1. The maximum atomic E-state index is 12.8. The normalized spacial score (nSPS) is 12.1. The molecule has 2 amide bonds. The zero-order valence-electron chi connectivity index (χ0n) is 18.7. The molecule has 0 saturated carbocycles. The van der Waals surface area contributed by atoms with Crippen LogP contribution in [0.25, 0.3) is 0 Å². The molecule has 0 aromatic heterocycles. The fraction of sp³-hybridized carbons (Fsp3) is 0.500. The summed E-state index contributed by atoms with van der Waals surface area (Å²) >= 11 is 0. The molecule has 0 radical (unpaired) electrons. The first kappa shape index (κ1) is 27.4. The van der Waals surface area contributed by atoms with Gasteiger partial charge >= 0.3 is 24.0 Å². The lowest BCUT2D eigenvalue weighted by atomic mass is 10.1. The highest BCUT2D eigenvalue weighted by Gasteiger charge is 2.29. The molecular weight excluding hydrogens is 436 g/mol. The van der Waals surface area contributed by atoms with E-state index >= 15 is 0 Å². The van der Waals surface area contributed by atoms with E-state index in [1.807, 2.05) is 0 Å². The highest BCUT2D eigenvalue weighted by atomic mass is 16.5. The van der Waals surface area contributed by atoms with E-state index in [0.29, 0.717) is 0 Å². The quantitative estimate of drug-likeness (QED) is 0.273. The highest BCUT2D eigenvalue weighted by Crippen LogP contribution is 2.07. The molecule has 11 heteroatoms. The van der Waals surface area contributed by atoms with E-state index in [2.05, 4.69) is 10.6 Å². The standard InChI is InChI=1S/C22H30N2O9/c1-3-31-19(27)13-11-17(21(29)32-4-2)23-20(28)16(10-12-18(25)26)24-22(30)33-14-15-8-6-5-7-9-15/h5-9,16-17H,3-4,10-14H2,1-2H3,(H,23,28)(H,24,30)(H,25,26)/t16-,17+/m1/s1. The van der Waals surface area contributed by atoms with Crippen LogP contribution in [0, 0.1) is 0 Å². The molecule has 0 aliphatic rings. The largest absolute Gasteiger partial charge is 0.481 e. The van der Waals surface area contributed by atoms with Gasteiger partial charge in [0.15, 0.2) is 0 Å². The Bertz CT molecular complexity index is 798. The zero-order chi connectivity index (χ0) is 24.6. The van der Waals surface area contributed by atoms with Crippen LogP contribution in [-0.2, 0) is 40.0 Å². The first-order valence-electron chi connectivity index (χ1n) is 10.6. The third-order valence-corrected chi connectivity index (χ3v) is 4.30. The van der Waals surface area contributed by atoms with E-state index in [1.165, 1.54) is 0 Å². The molecule has 33 heavy (non-hydrogen) atoms. The number of hydrogen-bond acceptors (Lipinski definition) is 8. The molecular formula is C22H30N2O9. The summed E-state index contributed by atoms with van der Waals surface area (Å²) in [5, 5.41) is 13.7. The SMILES string of the molecule is CCOC(=O)CC[C@H](NC(=O)[C@@H](CCC(=O)O)NC(=O)OCc1ccccc1)C(=O)OCC. The average molecular weight is 466 g/mol. The van der Waals surface area contributed by atoms with Crippen LogP contribution in [0.1, 0.15) is 45.1 Å². The first-order chi connectivity index (χ1) is 15.8. The first-order valence-corrected chi connectivity index (χ1v) is 10.6. The topological polar surface area (TPSA) is 157 Å². The van der Waals surface area contributed by atoms with E-state index in [9.17, 15) is 24.0 Å². The molecule has 1 aromatic carbocycles. The Labute approximate surface area is 191 Å². The maximum Gasteiger partial charge on any atom is 0.408 e. The molecule has 0 aliphatic heterocycles. The zero-order valence-corrected chi connectivity index (χ0v) is 18.7. The van der Waals surface area contributed by atoms with Gasteiger partial charge in [0.05, 0.1) is 13.2 Å². The van der Waals surface area contributed by atoms with Gasteiger partial charge in [-0.15, -0.1) is 0 Å². The van der Waals surface area contributed by atoms with Gasteiger partial charge in [0.25, 0.3) is 0 Å². The van der Waals surface area contributed by atoms with E-state index in [4.69, 9.17) is 19.3 Å². The van der Waals surface area contributed by atoms with Crippen LogP contribution in [0.2, 0.25) is 0 Å². The molecule has 1 aromatic rings. The lowest BCUT2D eigenvalue weighted by molar-refractivity contribution is -0.149. The molecule has 2 atom stereocenters. The number of carboxylic acid groups (broad SMARTS) is 1. The second-order valence-electron chi connectivity index (χ2n) is 6.85. The van der Waals surface area contributed by atoms with Crippen molar-refractivity contribution in [1.82, 2.24) is 10.6 Å². The summed E-state index contributed by atoms with van der Waals surface area (Å²) in [4.78, 5) is 59.8. The van der Waals surface area contributed by atoms with Crippen molar-refractivity contribution in [3.63, 3.8) is 0 Å². The lowest BCUT2D eigenvalue weighted by Gasteiger charge is -2.22. The third-order valence-electron chi connectivity index (χ3n) is 4.30. The minimum absolute atomic E-state index is 0.0507. The van der Waals surface area contributed by atoms with Crippen molar-refractivity contribution in [2.24, 2.45) is 0 Å². The van der Waals surface area contributed by atoms with Crippen LogP contribution in [0.3, 0.4) is 0 Å². The number of carboxylic acids is 1. The molecule has 0 bridgehead atoms. The second-order valence-corrected chi connectivity index (χ2v) is 6.85. The summed E-state index contributed by atoms with van der Waals surface area (Å²) in [5.74, 6) is -3.30. The molecule has 0 heterocycles. The number of nitrogens with one attached hydrogen (secondary N) is 2. The third kappa shape index (κ3) is 11.5. The number of hydrogen-bond donors (Lipinski definition) is 3. The Morgan fingerprint density at radius 2 is 1.48 bits per heavy atom. The molecule has 3 N–H and O–H groups in total. The van der Waals surface area contributed by atoms with Crippen molar-refractivity contribution in [1.29, 1.82) is 0 Å². The fourth-order valence-corrected chi connectivity index (χ4v) is 2.70. The summed E-state index contributed by atoms with van der Waals surface area (Å²) < 4.78 is 14.8. The van der Waals surface area contributed by atoms with Gasteiger partial charge in [0, 0.05) is 12.8 Å². The molecule has 0 aliphatic carbocycles. The summed E-state index contributed by atoms with van der Waals surface area (Å²) in [6, 6.07) is 6.36. The number of amides is 2. The lowest BCUT2D eigenvalue weighted by Crippen LogP contribution is -2.52. The van der Waals surface area contributed by atoms with Gasteiger partial charge < -0.3 is 30.0 Å². The number of benzene rings is 1. The monoisotopic (exact) mass is 466 g/mol. The number of carbonyl (C=O) groups is 5. The van der Waals surface area contributed by atoms with Crippen LogP contribution in [0.5, 0.6) is 0 Å². The maximum absolute atomic E-state index is 12.8. The predicted molar refractivity (Wildman–Crippen MR) is 115 cm³/mol. The average Bonchev–Trinajstić information content (AvgIpc) is 2.78. The van der Waals surface area contributed by atoms with Crippen molar-refractivity contribution in [2.75, 3.05) is 13.2 Å². The number of esters is 2. The van der Waals surface area contributed by atoms with Crippen molar-refractivity contribution in [3.8, 4) is 0 Å². The van der Waals surface area contributed by atoms with Gasteiger partial charge in [-0.3, -0.25) is 14.4 Å². The van der Waals surface area contributed by atoms with E-state index in [1.54, 1.807) is 44.2 Å². The summed E-state index contributed by atoms with van der Waals surface area (Å²) in [5.41, 5.74) is 0.723. The Kier molecular flexibility index (Phi) is 12.6. The van der Waals surface area contributed by atoms with Gasteiger partial charge in [-0.1, -0.05) is 30.3 Å². The molecule has 0 unspecified atom stereocenters. The molecule has 11 nitrogen and oxygen atoms in total. The smallest absolute Gasteiger partial charge is 0.408 e. The minimum atomic E-state index is -1.29. The van der Waals surface area contributed by atoms with Crippen molar-refractivity contribution < 1.29 is 43.3 Å². The van der Waals surface area contributed by atoms with Gasteiger partial charge in [-0.25, -0.2) is 9.59 Å². The molecule has 182 valence electrons. The van der Waals surface area contributed by atoms with E-state index < -0.39 is 48.4 Å². The van der Waals surface area contributed by atoms with Crippen LogP contribution >= 0.6 is 0 Å². The molecule has 0 spiro atoms. The Morgan fingerprint density at radius 1 is 0.848 bits per heavy atom. The van der Waals surface area contributed by atoms with Crippen LogP contribution in [0.4, 0.5) is 4.79 Å². The second kappa shape index (κ2) is 15.2. The van der Waals surface area contributed by atoms with Gasteiger partial charge in [0.1, 0.15) is 18.7 Å². The Balaban J connectivity index is 2.80. The Morgan fingerprint density at radius 3 is 2.09 bits per heavy atom. The number of carbonyl (C=O) groups excluding carboxylic acids is 4. The Hall–Kier alpha value is -3.63. The van der Waals surface area contributed by atoms with Gasteiger partial charge in [-0.05, 0) is 32.3 Å². The summed E-state index contributed by atoms with van der Waals surface area (Å²) in [6.07, 6.45) is -1.82. The summed E-state index contributed by atoms with van der Waals surface area (Å²) in [6.45, 7) is 3.39. The van der Waals surface area contributed by atoms with Crippen LogP contribution in [0.15, 0.2) is 30.3 Å². The van der Waals surface area contributed by atoms with Crippen molar-refractivity contribution in [2.45, 2.75) is 58.2 Å². The number of alkyl carbamates (subject to hydrolysis) is 1. The van der Waals surface area contributed by atoms with Gasteiger partial charge in [-0.2, -0.15) is 0 Å². The number of ether oxygens (including phenoxy) is 3. The van der Waals surface area contributed by atoms with Crippen molar-refractivity contribution >= 4 is 29.9 Å². The molecule has 0 saturated heterocycles. The predicted octanol–water partition coefficient (Wildman–Crippen LogP) is 1.54. The van der Waals surface area contributed by atoms with Crippen LogP contribution < -0.4 is 10.6 Å². The number of rotatable bonds is 14. The van der Waals surface area contributed by atoms with Crippen LogP contribution in [-0.4, -0.2) is 60.3 Å². The van der Waals surface area contributed by atoms with E-state index in [0.717, 1.165) is 5.56 Å². The van der Waals surface area contributed by atoms with E-state index in [-0.39, 0.29) is 39.1 Å². The molecule has 1 rings (SSSR count). The summed E-state index contributed by atoms with van der Waals surface area (Å²) in [7, 11) is 0. The van der Waals surface area contributed by atoms with Gasteiger partial charge in [0.2, 0.25) is 5.91 Å². The highest BCUT2D eigenvalue weighted by molar-refractivity contribution is 5.90. The fourth-order valence-electron chi connectivity index (χ4n) is 2.70. The van der Waals surface area contributed by atoms with Crippen molar-refractivity contribution in [3.05, 3.63) is 35.9 Å². The minimum Gasteiger partial charge on any atom is -0.481 e.